The van der Waals surface area contributed by atoms with Gasteiger partial charge in [-0.15, -0.1) is 0 Å². The summed E-state index contributed by atoms with van der Waals surface area (Å²) in [6, 6.07) is 6.61. The monoisotopic (exact) mass is 393 g/mol. The summed E-state index contributed by atoms with van der Waals surface area (Å²) >= 11 is 0. The summed E-state index contributed by atoms with van der Waals surface area (Å²) in [4.78, 5) is 12.8. The molecule has 1 saturated heterocycles. The van der Waals surface area contributed by atoms with Gasteiger partial charge in [-0.25, -0.2) is 8.42 Å². The van der Waals surface area contributed by atoms with E-state index in [1.807, 2.05) is 24.3 Å². The molecule has 1 aromatic carbocycles. The van der Waals surface area contributed by atoms with Crippen LogP contribution in [0.4, 0.5) is 0 Å². The van der Waals surface area contributed by atoms with Crippen LogP contribution in [0.25, 0.3) is 0 Å². The van der Waals surface area contributed by atoms with Gasteiger partial charge in [-0.2, -0.15) is 4.31 Å². The van der Waals surface area contributed by atoms with Gasteiger partial charge in [0.15, 0.2) is 5.76 Å². The van der Waals surface area contributed by atoms with Gasteiger partial charge in [0.1, 0.15) is 22.4 Å². The third kappa shape index (κ3) is 3.70. The van der Waals surface area contributed by atoms with Crippen LogP contribution in [0.5, 0.6) is 5.75 Å². The Morgan fingerprint density at radius 1 is 1.37 bits per heavy atom. The van der Waals surface area contributed by atoms with Gasteiger partial charge in [0.05, 0.1) is 7.11 Å². The number of ether oxygens (including phenoxy) is 1. The van der Waals surface area contributed by atoms with Crippen LogP contribution in [-0.4, -0.2) is 43.5 Å². The Balaban J connectivity index is 1.77. The van der Waals surface area contributed by atoms with Crippen LogP contribution in [0.3, 0.4) is 0 Å². The molecule has 1 fully saturated rings. The topological polar surface area (TPSA) is 102 Å². The van der Waals surface area contributed by atoms with Crippen LogP contribution in [0, 0.1) is 13.8 Å². The van der Waals surface area contributed by atoms with Gasteiger partial charge in [-0.05, 0) is 32.8 Å². The molecule has 1 atom stereocenters. The average Bonchev–Trinajstić information content (AvgIpc) is 3.27. The number of rotatable bonds is 6. The minimum Gasteiger partial charge on any atom is -0.496 e. The molecule has 1 aliphatic rings. The lowest BCUT2D eigenvalue weighted by atomic mass is 10.2. The Labute approximate surface area is 158 Å². The zero-order valence-electron chi connectivity index (χ0n) is 15.6. The zero-order valence-corrected chi connectivity index (χ0v) is 16.4. The molecular weight excluding hydrogens is 370 g/mol. The molecule has 0 aliphatic carbocycles. The molecule has 2 heterocycles. The smallest absolute Gasteiger partial charge is 0.249 e. The number of para-hydroxylation sites is 1. The summed E-state index contributed by atoms with van der Waals surface area (Å²) in [5.41, 5.74) is 1.12. The summed E-state index contributed by atoms with van der Waals surface area (Å²) in [7, 11) is -2.29. The molecule has 1 aliphatic heterocycles. The van der Waals surface area contributed by atoms with Crippen molar-refractivity contribution < 1.29 is 22.5 Å². The zero-order chi connectivity index (χ0) is 19.6. The van der Waals surface area contributed by atoms with E-state index < -0.39 is 16.1 Å². The second kappa shape index (κ2) is 7.69. The predicted molar refractivity (Wildman–Crippen MR) is 97.7 cm³/mol. The Hall–Kier alpha value is -2.39. The molecule has 1 N–H and O–H groups in total. The average molecular weight is 393 g/mol. The van der Waals surface area contributed by atoms with Crippen molar-refractivity contribution in [1.82, 2.24) is 14.8 Å². The van der Waals surface area contributed by atoms with Crippen LogP contribution in [0.2, 0.25) is 0 Å². The number of benzene rings is 1. The molecule has 0 radical (unpaired) electrons. The molecule has 0 bridgehead atoms. The molecule has 146 valence electrons. The summed E-state index contributed by atoms with van der Waals surface area (Å²) in [5.74, 6) is 0.575. The van der Waals surface area contributed by atoms with E-state index in [0.29, 0.717) is 30.8 Å². The lowest BCUT2D eigenvalue weighted by Crippen LogP contribution is -2.45. The van der Waals surface area contributed by atoms with E-state index in [0.717, 1.165) is 5.56 Å². The molecule has 0 spiro atoms. The van der Waals surface area contributed by atoms with Crippen LogP contribution < -0.4 is 10.1 Å². The number of hydrogen-bond acceptors (Lipinski definition) is 6. The number of amides is 1. The molecule has 8 nitrogen and oxygen atoms in total. The van der Waals surface area contributed by atoms with Crippen LogP contribution >= 0.6 is 0 Å². The van der Waals surface area contributed by atoms with E-state index >= 15 is 0 Å². The Morgan fingerprint density at radius 2 is 2.11 bits per heavy atom. The minimum absolute atomic E-state index is 0.0481. The standard InChI is InChI=1S/C18H23N3O5S/c1-12-17(13(2)26-20-12)27(23,24)21-10-6-8-15(21)18(22)19-11-14-7-4-5-9-16(14)25-3/h4-5,7,9,15H,6,8,10-11H2,1-3H3,(H,19,22)/t15-/m0/s1. The normalized spacial score (nSPS) is 17.8. The largest absolute Gasteiger partial charge is 0.496 e. The maximum absolute atomic E-state index is 13.1. The van der Waals surface area contributed by atoms with Crippen molar-refractivity contribution in [1.29, 1.82) is 0 Å². The van der Waals surface area contributed by atoms with E-state index in [2.05, 4.69) is 10.5 Å². The Morgan fingerprint density at radius 3 is 2.78 bits per heavy atom. The van der Waals surface area contributed by atoms with E-state index in [-0.39, 0.29) is 23.1 Å². The highest BCUT2D eigenvalue weighted by Crippen LogP contribution is 2.30. The van der Waals surface area contributed by atoms with E-state index in [4.69, 9.17) is 9.26 Å². The molecule has 0 unspecified atom stereocenters. The molecule has 1 amide bonds. The van der Waals surface area contributed by atoms with Gasteiger partial charge < -0.3 is 14.6 Å². The van der Waals surface area contributed by atoms with Gasteiger partial charge in [-0.1, -0.05) is 23.4 Å². The van der Waals surface area contributed by atoms with Gasteiger partial charge in [0, 0.05) is 18.7 Å². The van der Waals surface area contributed by atoms with Gasteiger partial charge in [0.25, 0.3) is 0 Å². The number of sulfonamides is 1. The van der Waals surface area contributed by atoms with E-state index in [1.165, 1.54) is 4.31 Å². The Bertz CT molecular complexity index is 919. The maximum atomic E-state index is 13.1. The van der Waals surface area contributed by atoms with Gasteiger partial charge in [-0.3, -0.25) is 4.79 Å². The highest BCUT2D eigenvalue weighted by Gasteiger charge is 2.41. The summed E-state index contributed by atoms with van der Waals surface area (Å²) in [6.45, 7) is 3.69. The number of carbonyl (C=O) groups is 1. The summed E-state index contributed by atoms with van der Waals surface area (Å²) < 4.78 is 37.6. The fraction of sp³-hybridized carbons (Fsp3) is 0.444. The van der Waals surface area contributed by atoms with Crippen molar-refractivity contribution in [3.63, 3.8) is 0 Å². The fourth-order valence-electron chi connectivity index (χ4n) is 3.40. The van der Waals surface area contributed by atoms with Crippen LogP contribution in [0.15, 0.2) is 33.7 Å². The number of aromatic nitrogens is 1. The van der Waals surface area contributed by atoms with E-state index in [1.54, 1.807) is 21.0 Å². The lowest BCUT2D eigenvalue weighted by Gasteiger charge is -2.23. The fourth-order valence-corrected chi connectivity index (χ4v) is 5.35. The van der Waals surface area contributed by atoms with E-state index in [9.17, 15) is 13.2 Å². The van der Waals surface area contributed by atoms with Crippen LogP contribution in [0.1, 0.15) is 29.9 Å². The number of aryl methyl sites for hydroxylation is 2. The summed E-state index contributed by atoms with van der Waals surface area (Å²) in [5, 5.41) is 6.55. The highest BCUT2D eigenvalue weighted by atomic mass is 32.2. The number of methoxy groups -OCH3 is 1. The van der Waals surface area contributed by atoms with Crippen molar-refractivity contribution >= 4 is 15.9 Å². The molecule has 1 aromatic heterocycles. The second-order valence-electron chi connectivity index (χ2n) is 6.46. The predicted octanol–water partition coefficient (Wildman–Crippen LogP) is 1.77. The number of nitrogens with zero attached hydrogens (tertiary/aromatic N) is 2. The first-order valence-electron chi connectivity index (χ1n) is 8.70. The SMILES string of the molecule is COc1ccccc1CNC(=O)[C@@H]1CCCN1S(=O)(=O)c1c(C)noc1C. The van der Waals surface area contributed by atoms with Crippen molar-refractivity contribution in [3.8, 4) is 5.75 Å². The molecule has 0 saturated carbocycles. The lowest BCUT2D eigenvalue weighted by molar-refractivity contribution is -0.124. The third-order valence-electron chi connectivity index (χ3n) is 4.69. The van der Waals surface area contributed by atoms with Gasteiger partial charge >= 0.3 is 0 Å². The molecule has 2 aromatic rings. The first kappa shape index (κ1) is 19.4. The van der Waals surface area contributed by atoms with Crippen LogP contribution in [-0.2, 0) is 21.4 Å². The minimum atomic E-state index is -3.86. The maximum Gasteiger partial charge on any atom is 0.249 e. The number of carbonyl (C=O) groups excluding carboxylic acids is 1. The third-order valence-corrected chi connectivity index (χ3v) is 6.84. The first-order valence-corrected chi connectivity index (χ1v) is 10.1. The molecular formula is C18H23N3O5S. The second-order valence-corrected chi connectivity index (χ2v) is 8.28. The molecule has 27 heavy (non-hydrogen) atoms. The number of nitrogens with one attached hydrogen (secondary N) is 1. The Kier molecular flexibility index (Phi) is 5.52. The highest BCUT2D eigenvalue weighted by molar-refractivity contribution is 7.89. The first-order chi connectivity index (χ1) is 12.9. The molecule has 9 heteroatoms. The van der Waals surface area contributed by atoms with Crippen molar-refractivity contribution in [2.75, 3.05) is 13.7 Å². The quantitative estimate of drug-likeness (QED) is 0.803. The molecule has 3 rings (SSSR count). The number of hydrogen-bond donors (Lipinski definition) is 1. The van der Waals surface area contributed by atoms with Crippen molar-refractivity contribution in [3.05, 3.63) is 41.3 Å². The van der Waals surface area contributed by atoms with Crippen molar-refractivity contribution in [2.24, 2.45) is 0 Å². The summed E-state index contributed by atoms with van der Waals surface area (Å²) in [6.07, 6.45) is 1.09. The van der Waals surface area contributed by atoms with Crippen molar-refractivity contribution in [2.45, 2.75) is 44.2 Å². The van der Waals surface area contributed by atoms with Gasteiger partial charge in [0.2, 0.25) is 15.9 Å².